The maximum Gasteiger partial charge on any atom is 0.320 e. The van der Waals surface area contributed by atoms with Gasteiger partial charge in [0.2, 0.25) is 5.91 Å². The van der Waals surface area contributed by atoms with Gasteiger partial charge in [-0.1, -0.05) is 15.9 Å². The van der Waals surface area contributed by atoms with E-state index in [1.54, 1.807) is 4.90 Å². The molecule has 0 atom stereocenters. The van der Waals surface area contributed by atoms with E-state index in [0.29, 0.717) is 25.9 Å². The highest BCUT2D eigenvalue weighted by Crippen LogP contribution is 2.31. The number of likely N-dealkylation sites (tertiary alicyclic amines) is 1. The first-order valence-corrected chi connectivity index (χ1v) is 4.93. The van der Waals surface area contributed by atoms with E-state index in [1.165, 1.54) is 6.92 Å². The van der Waals surface area contributed by atoms with Gasteiger partial charge in [0.1, 0.15) is 4.32 Å². The third-order valence-electron chi connectivity index (χ3n) is 2.38. The molecule has 0 spiro atoms. The predicted octanol–water partition coefficient (Wildman–Crippen LogP) is 0.847. The van der Waals surface area contributed by atoms with Crippen molar-refractivity contribution in [1.82, 2.24) is 4.90 Å². The Bertz CT molecular complexity index is 234. The molecule has 0 bridgehead atoms. The molecule has 1 amide bonds. The van der Waals surface area contributed by atoms with Gasteiger partial charge in [-0.05, 0) is 12.8 Å². The van der Waals surface area contributed by atoms with Crippen LogP contribution in [0.15, 0.2) is 0 Å². The fourth-order valence-electron chi connectivity index (χ4n) is 1.39. The van der Waals surface area contributed by atoms with Crippen LogP contribution in [0, 0.1) is 0 Å². The molecule has 0 saturated carbocycles. The summed E-state index contributed by atoms with van der Waals surface area (Å²) in [4.78, 5) is 23.4. The normalized spacial score (nSPS) is 21.2. The van der Waals surface area contributed by atoms with Crippen molar-refractivity contribution in [3.63, 3.8) is 0 Å². The summed E-state index contributed by atoms with van der Waals surface area (Å²) in [6.07, 6.45) is 0.948. The number of carbonyl (C=O) groups is 2. The number of nitrogens with zero attached hydrogens (tertiary/aromatic N) is 1. The Labute approximate surface area is 85.0 Å². The molecule has 1 heterocycles. The molecule has 1 aliphatic rings. The number of piperidine rings is 1. The van der Waals surface area contributed by atoms with Crippen LogP contribution in [0.2, 0.25) is 0 Å². The van der Waals surface area contributed by atoms with E-state index in [4.69, 9.17) is 5.11 Å². The second-order valence-electron chi connectivity index (χ2n) is 3.28. The fraction of sp³-hybridized carbons (Fsp3) is 0.750. The predicted molar refractivity (Wildman–Crippen MR) is 50.8 cm³/mol. The van der Waals surface area contributed by atoms with E-state index in [1.807, 2.05) is 0 Å². The van der Waals surface area contributed by atoms with Crippen molar-refractivity contribution in [3.05, 3.63) is 0 Å². The molecule has 0 radical (unpaired) electrons. The molecule has 1 fully saturated rings. The zero-order valence-corrected chi connectivity index (χ0v) is 9.00. The van der Waals surface area contributed by atoms with Crippen molar-refractivity contribution in [2.45, 2.75) is 24.1 Å². The number of rotatable bonds is 1. The standard InChI is InChI=1S/C8H12BrNO3/c1-6(11)10-4-2-8(9,3-5-10)7(12)13/h2-5H2,1H3,(H,12,13). The largest absolute Gasteiger partial charge is 0.480 e. The minimum atomic E-state index is -0.837. The SMILES string of the molecule is CC(=O)N1CCC(Br)(C(=O)O)CC1. The van der Waals surface area contributed by atoms with Crippen molar-refractivity contribution >= 4 is 27.8 Å². The van der Waals surface area contributed by atoms with Crippen LogP contribution in [0.4, 0.5) is 0 Å². The van der Waals surface area contributed by atoms with Gasteiger partial charge in [0.05, 0.1) is 0 Å². The molecule has 13 heavy (non-hydrogen) atoms. The highest BCUT2D eigenvalue weighted by Gasteiger charge is 2.39. The number of carboxylic acid groups (broad SMARTS) is 1. The number of alkyl halides is 1. The summed E-state index contributed by atoms with van der Waals surface area (Å²) < 4.78 is -0.820. The Morgan fingerprint density at radius 3 is 2.15 bits per heavy atom. The zero-order chi connectivity index (χ0) is 10.1. The fourth-order valence-corrected chi connectivity index (χ4v) is 1.74. The average Bonchev–Trinajstić information content (AvgIpc) is 2.04. The van der Waals surface area contributed by atoms with Gasteiger partial charge in [0.25, 0.3) is 0 Å². The lowest BCUT2D eigenvalue weighted by atomic mass is 9.97. The third kappa shape index (κ3) is 2.21. The van der Waals surface area contributed by atoms with Crippen molar-refractivity contribution in [2.24, 2.45) is 0 Å². The molecule has 0 unspecified atom stereocenters. The Morgan fingerprint density at radius 1 is 1.38 bits per heavy atom. The van der Waals surface area contributed by atoms with Crippen LogP contribution in [0.1, 0.15) is 19.8 Å². The number of aliphatic carboxylic acids is 1. The highest BCUT2D eigenvalue weighted by atomic mass is 79.9. The Hall–Kier alpha value is -0.580. The summed E-state index contributed by atoms with van der Waals surface area (Å²) in [6, 6.07) is 0. The Kier molecular flexibility index (Phi) is 2.95. The lowest BCUT2D eigenvalue weighted by Gasteiger charge is -2.34. The van der Waals surface area contributed by atoms with Crippen LogP contribution in [0.5, 0.6) is 0 Å². The van der Waals surface area contributed by atoms with Gasteiger partial charge in [-0.25, -0.2) is 0 Å². The topological polar surface area (TPSA) is 57.6 Å². The first-order valence-electron chi connectivity index (χ1n) is 4.13. The van der Waals surface area contributed by atoms with Gasteiger partial charge in [-0.2, -0.15) is 0 Å². The summed E-state index contributed by atoms with van der Waals surface area (Å²) in [5.41, 5.74) is 0. The second kappa shape index (κ2) is 3.65. The van der Waals surface area contributed by atoms with Crippen molar-refractivity contribution < 1.29 is 14.7 Å². The summed E-state index contributed by atoms with van der Waals surface area (Å²) in [6.45, 7) is 2.54. The van der Waals surface area contributed by atoms with Gasteiger partial charge < -0.3 is 10.0 Å². The van der Waals surface area contributed by atoms with E-state index in [-0.39, 0.29) is 5.91 Å². The van der Waals surface area contributed by atoms with Gasteiger partial charge in [0, 0.05) is 20.0 Å². The molecule has 1 rings (SSSR count). The van der Waals surface area contributed by atoms with Gasteiger partial charge >= 0.3 is 5.97 Å². The molecular weight excluding hydrogens is 238 g/mol. The Morgan fingerprint density at radius 2 is 1.85 bits per heavy atom. The molecule has 0 aromatic rings. The molecule has 4 nitrogen and oxygen atoms in total. The lowest BCUT2D eigenvalue weighted by molar-refractivity contribution is -0.142. The highest BCUT2D eigenvalue weighted by molar-refractivity contribution is 9.10. The maximum atomic E-state index is 10.9. The van der Waals surface area contributed by atoms with Crippen LogP contribution < -0.4 is 0 Å². The maximum absolute atomic E-state index is 10.9. The van der Waals surface area contributed by atoms with E-state index in [9.17, 15) is 9.59 Å². The Balaban J connectivity index is 2.56. The van der Waals surface area contributed by atoms with Crippen LogP contribution in [-0.4, -0.2) is 39.3 Å². The summed E-state index contributed by atoms with van der Waals surface area (Å²) in [5.74, 6) is -0.823. The van der Waals surface area contributed by atoms with Gasteiger partial charge in [0.15, 0.2) is 0 Å². The van der Waals surface area contributed by atoms with E-state index in [2.05, 4.69) is 15.9 Å². The minimum Gasteiger partial charge on any atom is -0.480 e. The van der Waals surface area contributed by atoms with Crippen molar-refractivity contribution in [2.75, 3.05) is 13.1 Å². The van der Waals surface area contributed by atoms with Crippen LogP contribution in [0.25, 0.3) is 0 Å². The molecule has 74 valence electrons. The number of halogens is 1. The number of amides is 1. The third-order valence-corrected chi connectivity index (χ3v) is 3.52. The molecule has 0 aromatic heterocycles. The molecule has 0 aliphatic carbocycles. The first kappa shape index (κ1) is 10.5. The molecular formula is C8H12BrNO3. The zero-order valence-electron chi connectivity index (χ0n) is 7.42. The first-order chi connectivity index (χ1) is 5.96. The van der Waals surface area contributed by atoms with E-state index in [0.717, 1.165) is 0 Å². The number of hydrogen-bond acceptors (Lipinski definition) is 2. The van der Waals surface area contributed by atoms with Gasteiger partial charge in [-0.3, -0.25) is 9.59 Å². The average molecular weight is 250 g/mol. The van der Waals surface area contributed by atoms with Crippen molar-refractivity contribution in [3.8, 4) is 0 Å². The van der Waals surface area contributed by atoms with Crippen LogP contribution >= 0.6 is 15.9 Å². The lowest BCUT2D eigenvalue weighted by Crippen LogP contribution is -2.46. The molecule has 1 aliphatic heterocycles. The quantitative estimate of drug-likeness (QED) is 0.702. The minimum absolute atomic E-state index is 0.0138. The van der Waals surface area contributed by atoms with Crippen LogP contribution in [-0.2, 0) is 9.59 Å². The smallest absolute Gasteiger partial charge is 0.320 e. The molecule has 1 N–H and O–H groups in total. The monoisotopic (exact) mass is 249 g/mol. The summed E-state index contributed by atoms with van der Waals surface area (Å²) in [7, 11) is 0. The number of carboxylic acids is 1. The number of carbonyl (C=O) groups excluding carboxylic acids is 1. The molecule has 0 aromatic carbocycles. The van der Waals surface area contributed by atoms with E-state index >= 15 is 0 Å². The molecule has 5 heteroatoms. The summed E-state index contributed by atoms with van der Waals surface area (Å²) in [5, 5.41) is 8.87. The van der Waals surface area contributed by atoms with E-state index < -0.39 is 10.3 Å². The number of hydrogen-bond donors (Lipinski definition) is 1. The second-order valence-corrected chi connectivity index (χ2v) is 4.79. The van der Waals surface area contributed by atoms with Crippen molar-refractivity contribution in [1.29, 1.82) is 0 Å². The van der Waals surface area contributed by atoms with Crippen LogP contribution in [0.3, 0.4) is 0 Å². The molecule has 1 saturated heterocycles. The summed E-state index contributed by atoms with van der Waals surface area (Å²) >= 11 is 3.20. The van der Waals surface area contributed by atoms with Gasteiger partial charge in [-0.15, -0.1) is 0 Å².